The van der Waals surface area contributed by atoms with Crippen LogP contribution in [0.2, 0.25) is 0 Å². The summed E-state index contributed by atoms with van der Waals surface area (Å²) >= 11 is 2.47. The molecule has 3 aromatic heterocycles. The second-order valence-electron chi connectivity index (χ2n) is 6.07. The third-order valence-electron chi connectivity index (χ3n) is 4.08. The number of rotatable bonds is 8. The van der Waals surface area contributed by atoms with Crippen LogP contribution in [-0.2, 0) is 17.9 Å². The van der Waals surface area contributed by atoms with Gasteiger partial charge in [-0.3, -0.25) is 19.5 Å². The average molecular weight is 408 g/mol. The van der Waals surface area contributed by atoms with Crippen LogP contribution < -0.4 is 10.9 Å². The summed E-state index contributed by atoms with van der Waals surface area (Å²) in [4.78, 5) is 30.8. The van der Waals surface area contributed by atoms with Crippen molar-refractivity contribution in [3.8, 4) is 0 Å². The molecule has 0 saturated heterocycles. The maximum atomic E-state index is 12.8. The average Bonchev–Trinajstić information content (AvgIpc) is 3.22. The summed E-state index contributed by atoms with van der Waals surface area (Å²) in [5.74, 6) is -0.312. The third kappa shape index (κ3) is 4.23. The first-order valence-corrected chi connectivity index (χ1v) is 10.3. The van der Waals surface area contributed by atoms with Crippen LogP contribution in [-0.4, -0.2) is 32.8 Å². The summed E-state index contributed by atoms with van der Waals surface area (Å²) < 4.78 is 6.63. The molecule has 10 heteroatoms. The van der Waals surface area contributed by atoms with Crippen LogP contribution in [0.5, 0.6) is 0 Å². The molecule has 3 rings (SSSR count). The fraction of sp³-hybridized carbons (Fsp3) is 0.471. The molecule has 0 saturated carbocycles. The molecule has 1 N–H and O–H groups in total. The number of anilines is 1. The smallest absolute Gasteiger partial charge is 0.267 e. The number of hydrogen-bond acceptors (Lipinski definition) is 8. The molecule has 0 atom stereocenters. The van der Waals surface area contributed by atoms with Gasteiger partial charge >= 0.3 is 0 Å². The number of amides is 1. The largest absolute Gasteiger partial charge is 0.377 e. The molecule has 3 heterocycles. The summed E-state index contributed by atoms with van der Waals surface area (Å²) in [5.41, 5.74) is 0.554. The van der Waals surface area contributed by atoms with Crippen LogP contribution in [0.25, 0.3) is 10.2 Å². The van der Waals surface area contributed by atoms with E-state index in [-0.39, 0.29) is 11.5 Å². The predicted octanol–water partition coefficient (Wildman–Crippen LogP) is 3.21. The van der Waals surface area contributed by atoms with Crippen LogP contribution in [0.15, 0.2) is 11.1 Å². The van der Waals surface area contributed by atoms with Gasteiger partial charge in [-0.2, -0.15) is 0 Å². The zero-order valence-electron chi connectivity index (χ0n) is 15.4. The van der Waals surface area contributed by atoms with E-state index in [0.29, 0.717) is 43.9 Å². The van der Waals surface area contributed by atoms with Crippen LogP contribution >= 0.6 is 22.7 Å². The maximum absolute atomic E-state index is 12.8. The van der Waals surface area contributed by atoms with Crippen molar-refractivity contribution in [3.63, 3.8) is 0 Å². The quantitative estimate of drug-likeness (QED) is 0.576. The lowest BCUT2D eigenvalue weighted by Gasteiger charge is -2.04. The molecule has 3 aromatic rings. The number of hydrogen-bond donors (Lipinski definition) is 1. The van der Waals surface area contributed by atoms with Crippen LogP contribution in [0.3, 0.4) is 0 Å². The molecule has 0 radical (unpaired) electrons. The summed E-state index contributed by atoms with van der Waals surface area (Å²) in [6.07, 6.45) is 4.65. The monoisotopic (exact) mass is 407 g/mol. The van der Waals surface area contributed by atoms with Gasteiger partial charge < -0.3 is 4.74 Å². The number of carbonyl (C=O) groups excluding carboxylic acids is 1. The van der Waals surface area contributed by atoms with E-state index in [2.05, 4.69) is 27.4 Å². The molecule has 8 nitrogen and oxygen atoms in total. The van der Waals surface area contributed by atoms with Gasteiger partial charge in [0.25, 0.3) is 11.5 Å². The Morgan fingerprint density at radius 2 is 2.11 bits per heavy atom. The van der Waals surface area contributed by atoms with Gasteiger partial charge in [0.05, 0.1) is 16.6 Å². The minimum Gasteiger partial charge on any atom is -0.377 e. The van der Waals surface area contributed by atoms with Gasteiger partial charge in [0.1, 0.15) is 16.4 Å². The first-order valence-electron chi connectivity index (χ1n) is 8.66. The lowest BCUT2D eigenvalue weighted by molar-refractivity contribution is 0.103. The number of methoxy groups -OCH3 is 1. The number of thiophene rings is 1. The van der Waals surface area contributed by atoms with Crippen LogP contribution in [0.4, 0.5) is 5.13 Å². The Balaban J connectivity index is 1.85. The second kappa shape index (κ2) is 8.68. The number of nitrogens with zero attached hydrogens (tertiary/aromatic N) is 4. The Kier molecular flexibility index (Phi) is 6.30. The summed E-state index contributed by atoms with van der Waals surface area (Å²) in [5, 5.41) is 12.2. The van der Waals surface area contributed by atoms with Gasteiger partial charge in [0, 0.05) is 13.7 Å². The molecule has 0 bridgehead atoms. The Hall–Kier alpha value is -2.17. The van der Waals surface area contributed by atoms with Gasteiger partial charge in [0.2, 0.25) is 5.13 Å². The summed E-state index contributed by atoms with van der Waals surface area (Å²) in [6.45, 7) is 4.88. The fourth-order valence-corrected chi connectivity index (χ4v) is 4.45. The van der Waals surface area contributed by atoms with Crippen molar-refractivity contribution in [2.24, 2.45) is 0 Å². The van der Waals surface area contributed by atoms with Crippen molar-refractivity contribution >= 4 is 43.9 Å². The number of carbonyl (C=O) groups is 1. The van der Waals surface area contributed by atoms with Gasteiger partial charge in [-0.05, 0) is 18.9 Å². The second-order valence-corrected chi connectivity index (χ2v) is 8.14. The number of nitrogens with one attached hydrogen (secondary N) is 1. The van der Waals surface area contributed by atoms with Crippen molar-refractivity contribution in [2.75, 3.05) is 12.4 Å². The lowest BCUT2D eigenvalue weighted by Crippen LogP contribution is -2.20. The zero-order valence-corrected chi connectivity index (χ0v) is 17.1. The Labute approximate surface area is 164 Å². The van der Waals surface area contributed by atoms with E-state index in [9.17, 15) is 9.59 Å². The first-order chi connectivity index (χ1) is 13.0. The SMILES string of the molecule is CCCCCn1cnc2sc(C(=O)Nc3nnc(COC)s3)c(C)c2c1=O. The number of unbranched alkanes of at least 4 members (excludes halogenated alkanes) is 2. The van der Waals surface area contributed by atoms with E-state index in [4.69, 9.17) is 4.74 Å². The lowest BCUT2D eigenvalue weighted by atomic mass is 10.2. The van der Waals surface area contributed by atoms with Crippen LogP contribution in [0.1, 0.15) is 46.4 Å². The van der Waals surface area contributed by atoms with Gasteiger partial charge in [-0.15, -0.1) is 21.5 Å². The first kappa shape index (κ1) is 19.6. The highest BCUT2D eigenvalue weighted by Crippen LogP contribution is 2.28. The van der Waals surface area contributed by atoms with Gasteiger partial charge in [0.15, 0.2) is 0 Å². The molecule has 0 aliphatic carbocycles. The molecule has 1 amide bonds. The highest BCUT2D eigenvalue weighted by molar-refractivity contribution is 7.21. The van der Waals surface area contributed by atoms with E-state index >= 15 is 0 Å². The molecular weight excluding hydrogens is 386 g/mol. The molecule has 0 aromatic carbocycles. The topological polar surface area (TPSA) is 99.0 Å². The Morgan fingerprint density at radius 1 is 1.30 bits per heavy atom. The highest BCUT2D eigenvalue weighted by atomic mass is 32.1. The number of aryl methyl sites for hydroxylation is 2. The van der Waals surface area contributed by atoms with Crippen molar-refractivity contribution < 1.29 is 9.53 Å². The summed E-state index contributed by atoms with van der Waals surface area (Å²) in [6, 6.07) is 0. The third-order valence-corrected chi connectivity index (χ3v) is 6.09. The molecule has 0 spiro atoms. The van der Waals surface area contributed by atoms with E-state index in [0.717, 1.165) is 19.3 Å². The van der Waals surface area contributed by atoms with E-state index in [1.54, 1.807) is 24.9 Å². The summed E-state index contributed by atoms with van der Waals surface area (Å²) in [7, 11) is 1.57. The maximum Gasteiger partial charge on any atom is 0.267 e. The number of ether oxygens (including phenoxy) is 1. The Bertz CT molecular complexity index is 1010. The number of aromatic nitrogens is 4. The molecular formula is C17H21N5O3S2. The standard InChI is InChI=1S/C17H21N5O3S2/c1-4-5-6-7-22-9-18-15-12(16(22)24)10(2)13(27-15)14(23)19-17-21-20-11(26-17)8-25-3/h9H,4-8H2,1-3H3,(H,19,21,23). The van der Waals surface area contributed by atoms with E-state index < -0.39 is 0 Å². The molecule has 0 aliphatic heterocycles. The predicted molar refractivity (Wildman–Crippen MR) is 107 cm³/mol. The molecule has 144 valence electrons. The van der Waals surface area contributed by atoms with Gasteiger partial charge in [-0.25, -0.2) is 4.98 Å². The zero-order chi connectivity index (χ0) is 19.4. The van der Waals surface area contributed by atoms with Gasteiger partial charge in [-0.1, -0.05) is 31.1 Å². The molecule has 27 heavy (non-hydrogen) atoms. The van der Waals surface area contributed by atoms with Crippen LogP contribution in [0, 0.1) is 6.92 Å². The van der Waals surface area contributed by atoms with E-state index in [1.807, 2.05) is 0 Å². The van der Waals surface area contributed by atoms with Crippen molar-refractivity contribution in [3.05, 3.63) is 32.1 Å². The van der Waals surface area contributed by atoms with E-state index in [1.165, 1.54) is 22.7 Å². The fourth-order valence-electron chi connectivity index (χ4n) is 2.71. The molecule has 0 aliphatic rings. The Morgan fingerprint density at radius 3 is 2.85 bits per heavy atom. The highest BCUT2D eigenvalue weighted by Gasteiger charge is 2.20. The van der Waals surface area contributed by atoms with Crippen molar-refractivity contribution in [1.29, 1.82) is 0 Å². The minimum absolute atomic E-state index is 0.0952. The minimum atomic E-state index is -0.312. The molecule has 0 unspecified atom stereocenters. The number of fused-ring (bicyclic) bond motifs is 1. The van der Waals surface area contributed by atoms with Crippen molar-refractivity contribution in [2.45, 2.75) is 46.3 Å². The normalized spacial score (nSPS) is 11.2. The molecule has 0 fully saturated rings. The van der Waals surface area contributed by atoms with Crippen molar-refractivity contribution in [1.82, 2.24) is 19.7 Å².